The molecule has 1 aromatic rings. The predicted molar refractivity (Wildman–Crippen MR) is 77.5 cm³/mol. The van der Waals surface area contributed by atoms with E-state index in [0.29, 0.717) is 17.5 Å². The molecule has 0 saturated heterocycles. The van der Waals surface area contributed by atoms with Crippen LogP contribution < -0.4 is 4.74 Å². The number of hydrogen-bond donors (Lipinski definition) is 1. The summed E-state index contributed by atoms with van der Waals surface area (Å²) in [5.74, 6) is 1.78. The molecule has 3 nitrogen and oxygen atoms in total. The maximum absolute atomic E-state index is 10.0. The average molecular weight is 263 g/mol. The van der Waals surface area contributed by atoms with Crippen molar-refractivity contribution < 1.29 is 9.84 Å². The Hall–Kier alpha value is -1.22. The molecule has 1 saturated carbocycles. The van der Waals surface area contributed by atoms with Gasteiger partial charge in [0.2, 0.25) is 0 Å². The number of phenolic OH excluding ortho intramolecular Hbond substituents is 1. The van der Waals surface area contributed by atoms with Crippen molar-refractivity contribution in [2.24, 2.45) is 5.92 Å². The van der Waals surface area contributed by atoms with Gasteiger partial charge in [-0.05, 0) is 31.9 Å². The number of methoxy groups -OCH3 is 1. The zero-order valence-electron chi connectivity index (χ0n) is 12.2. The fraction of sp³-hybridized carbons (Fsp3) is 0.625. The SMILES string of the molecule is COc1ccc(CN(C)C2CCCCC2C)c(O)c1. The first-order valence-corrected chi connectivity index (χ1v) is 7.18. The smallest absolute Gasteiger partial charge is 0.123 e. The number of phenols is 1. The second-order valence-corrected chi connectivity index (χ2v) is 5.74. The van der Waals surface area contributed by atoms with Crippen LogP contribution in [-0.4, -0.2) is 30.2 Å². The Morgan fingerprint density at radius 3 is 2.68 bits per heavy atom. The summed E-state index contributed by atoms with van der Waals surface area (Å²) in [5.41, 5.74) is 0.973. The van der Waals surface area contributed by atoms with Gasteiger partial charge >= 0.3 is 0 Å². The van der Waals surface area contributed by atoms with Crippen LogP contribution >= 0.6 is 0 Å². The Balaban J connectivity index is 2.03. The molecule has 1 N–H and O–H groups in total. The van der Waals surface area contributed by atoms with Crippen LogP contribution in [0, 0.1) is 5.92 Å². The van der Waals surface area contributed by atoms with E-state index in [1.807, 2.05) is 12.1 Å². The van der Waals surface area contributed by atoms with Crippen molar-refractivity contribution in [3.8, 4) is 11.5 Å². The molecule has 2 rings (SSSR count). The van der Waals surface area contributed by atoms with E-state index in [4.69, 9.17) is 4.74 Å². The van der Waals surface area contributed by atoms with Gasteiger partial charge in [0.1, 0.15) is 11.5 Å². The highest BCUT2D eigenvalue weighted by atomic mass is 16.5. The van der Waals surface area contributed by atoms with Gasteiger partial charge in [-0.25, -0.2) is 0 Å². The zero-order valence-corrected chi connectivity index (χ0v) is 12.2. The monoisotopic (exact) mass is 263 g/mol. The minimum Gasteiger partial charge on any atom is -0.507 e. The molecule has 0 bridgehead atoms. The molecular formula is C16H25NO2. The molecule has 2 unspecified atom stereocenters. The van der Waals surface area contributed by atoms with E-state index in [0.717, 1.165) is 18.0 Å². The largest absolute Gasteiger partial charge is 0.507 e. The molecular weight excluding hydrogens is 238 g/mol. The summed E-state index contributed by atoms with van der Waals surface area (Å²) in [6.45, 7) is 3.14. The fourth-order valence-corrected chi connectivity index (χ4v) is 3.14. The van der Waals surface area contributed by atoms with Crippen LogP contribution in [0.25, 0.3) is 0 Å². The van der Waals surface area contributed by atoms with E-state index < -0.39 is 0 Å². The standard InChI is InChI=1S/C16H25NO2/c1-12-6-4-5-7-15(12)17(2)11-13-8-9-14(19-3)10-16(13)18/h8-10,12,15,18H,4-7,11H2,1-3H3. The quantitative estimate of drug-likeness (QED) is 0.903. The molecule has 0 aliphatic heterocycles. The molecule has 1 fully saturated rings. The van der Waals surface area contributed by atoms with Crippen LogP contribution in [-0.2, 0) is 6.54 Å². The van der Waals surface area contributed by atoms with Gasteiger partial charge in [-0.3, -0.25) is 4.90 Å². The van der Waals surface area contributed by atoms with Crippen LogP contribution in [0.2, 0.25) is 0 Å². The van der Waals surface area contributed by atoms with E-state index in [9.17, 15) is 5.11 Å². The summed E-state index contributed by atoms with van der Waals surface area (Å²) in [6.07, 6.45) is 5.28. The average Bonchev–Trinajstić information content (AvgIpc) is 2.41. The molecule has 1 aromatic carbocycles. The summed E-state index contributed by atoms with van der Waals surface area (Å²) >= 11 is 0. The Kier molecular flexibility index (Phi) is 4.70. The number of nitrogens with zero attached hydrogens (tertiary/aromatic N) is 1. The Labute approximate surface area is 116 Å². The van der Waals surface area contributed by atoms with Crippen LogP contribution in [0.15, 0.2) is 18.2 Å². The highest BCUT2D eigenvalue weighted by Gasteiger charge is 2.25. The van der Waals surface area contributed by atoms with E-state index in [1.54, 1.807) is 13.2 Å². The molecule has 106 valence electrons. The Morgan fingerprint density at radius 2 is 2.05 bits per heavy atom. The van der Waals surface area contributed by atoms with E-state index in [-0.39, 0.29) is 0 Å². The molecule has 1 aliphatic rings. The molecule has 0 aromatic heterocycles. The van der Waals surface area contributed by atoms with Crippen LogP contribution in [0.3, 0.4) is 0 Å². The third kappa shape index (κ3) is 3.41. The molecule has 2 atom stereocenters. The van der Waals surface area contributed by atoms with Crippen LogP contribution in [0.4, 0.5) is 0 Å². The first kappa shape index (κ1) is 14.2. The van der Waals surface area contributed by atoms with Crippen molar-refractivity contribution in [3.05, 3.63) is 23.8 Å². The van der Waals surface area contributed by atoms with Crippen molar-refractivity contribution in [3.63, 3.8) is 0 Å². The first-order valence-electron chi connectivity index (χ1n) is 7.18. The number of aromatic hydroxyl groups is 1. The molecule has 0 heterocycles. The van der Waals surface area contributed by atoms with Crippen molar-refractivity contribution in [1.82, 2.24) is 4.90 Å². The topological polar surface area (TPSA) is 32.7 Å². The lowest BCUT2D eigenvalue weighted by molar-refractivity contribution is 0.132. The van der Waals surface area contributed by atoms with Gasteiger partial charge in [0, 0.05) is 24.2 Å². The summed E-state index contributed by atoms with van der Waals surface area (Å²) in [6, 6.07) is 6.19. The van der Waals surface area contributed by atoms with E-state index in [2.05, 4.69) is 18.9 Å². The summed E-state index contributed by atoms with van der Waals surface area (Å²) < 4.78 is 5.11. The Morgan fingerprint density at radius 1 is 1.32 bits per heavy atom. The van der Waals surface area contributed by atoms with E-state index in [1.165, 1.54) is 25.7 Å². The van der Waals surface area contributed by atoms with Gasteiger partial charge in [-0.15, -0.1) is 0 Å². The van der Waals surface area contributed by atoms with Crippen molar-refractivity contribution in [2.45, 2.75) is 45.2 Å². The molecule has 1 aliphatic carbocycles. The third-order valence-electron chi connectivity index (χ3n) is 4.34. The van der Waals surface area contributed by atoms with Crippen LogP contribution in [0.1, 0.15) is 38.2 Å². The van der Waals surface area contributed by atoms with Gasteiger partial charge in [0.15, 0.2) is 0 Å². The fourth-order valence-electron chi connectivity index (χ4n) is 3.14. The normalized spacial score (nSPS) is 23.6. The number of rotatable bonds is 4. The number of benzene rings is 1. The highest BCUT2D eigenvalue weighted by Crippen LogP contribution is 2.30. The van der Waals surface area contributed by atoms with Gasteiger partial charge in [0.25, 0.3) is 0 Å². The minimum absolute atomic E-state index is 0.328. The molecule has 0 radical (unpaired) electrons. The summed E-state index contributed by atoms with van der Waals surface area (Å²) in [5, 5.41) is 10.0. The lowest BCUT2D eigenvalue weighted by Crippen LogP contribution is -2.38. The lowest BCUT2D eigenvalue weighted by atomic mass is 9.85. The minimum atomic E-state index is 0.328. The molecule has 0 spiro atoms. The predicted octanol–water partition coefficient (Wildman–Crippen LogP) is 3.41. The molecule has 19 heavy (non-hydrogen) atoms. The number of ether oxygens (including phenoxy) is 1. The second kappa shape index (κ2) is 6.29. The van der Waals surface area contributed by atoms with Gasteiger partial charge in [0.05, 0.1) is 7.11 Å². The highest BCUT2D eigenvalue weighted by molar-refractivity contribution is 5.39. The van der Waals surface area contributed by atoms with Crippen molar-refractivity contribution >= 4 is 0 Å². The maximum atomic E-state index is 10.0. The van der Waals surface area contributed by atoms with Crippen LogP contribution in [0.5, 0.6) is 11.5 Å². The first-order chi connectivity index (χ1) is 9.11. The van der Waals surface area contributed by atoms with E-state index >= 15 is 0 Å². The molecule has 0 amide bonds. The van der Waals surface area contributed by atoms with Gasteiger partial charge in [-0.1, -0.05) is 25.8 Å². The van der Waals surface area contributed by atoms with Gasteiger partial charge < -0.3 is 9.84 Å². The summed E-state index contributed by atoms with van der Waals surface area (Å²) in [7, 11) is 3.78. The maximum Gasteiger partial charge on any atom is 0.123 e. The number of hydrogen-bond acceptors (Lipinski definition) is 3. The van der Waals surface area contributed by atoms with Crippen molar-refractivity contribution in [2.75, 3.05) is 14.2 Å². The summed E-state index contributed by atoms with van der Waals surface area (Å²) in [4.78, 5) is 2.38. The second-order valence-electron chi connectivity index (χ2n) is 5.74. The molecule has 3 heteroatoms. The van der Waals surface area contributed by atoms with Crippen molar-refractivity contribution in [1.29, 1.82) is 0 Å². The van der Waals surface area contributed by atoms with Gasteiger partial charge in [-0.2, -0.15) is 0 Å². The Bertz CT molecular complexity index is 419. The zero-order chi connectivity index (χ0) is 13.8. The third-order valence-corrected chi connectivity index (χ3v) is 4.34. The lowest BCUT2D eigenvalue weighted by Gasteiger charge is -2.36.